The highest BCUT2D eigenvalue weighted by Gasteiger charge is 2.42. The van der Waals surface area contributed by atoms with E-state index in [1.54, 1.807) is 21.5 Å². The third-order valence-corrected chi connectivity index (χ3v) is 6.57. The minimum atomic E-state index is -3.21. The normalized spacial score (nSPS) is 23.2. The first-order valence-electron chi connectivity index (χ1n) is 7.44. The van der Waals surface area contributed by atoms with Gasteiger partial charge in [-0.15, -0.1) is 0 Å². The van der Waals surface area contributed by atoms with Crippen LogP contribution in [0.1, 0.15) is 18.7 Å². The van der Waals surface area contributed by atoms with Gasteiger partial charge in [0.25, 0.3) is 0 Å². The molecule has 118 valence electrons. The summed E-state index contributed by atoms with van der Waals surface area (Å²) in [6, 6.07) is 0. The number of hydrogen-bond donors (Lipinski definition) is 0. The first-order valence-corrected chi connectivity index (χ1v) is 8.94. The van der Waals surface area contributed by atoms with E-state index in [0.717, 1.165) is 25.2 Å². The first kappa shape index (κ1) is 13.9. The van der Waals surface area contributed by atoms with Gasteiger partial charge in [0.15, 0.2) is 0 Å². The third kappa shape index (κ3) is 2.54. The van der Waals surface area contributed by atoms with E-state index in [-0.39, 0.29) is 11.2 Å². The summed E-state index contributed by atoms with van der Waals surface area (Å²) in [5, 5.41) is 3.94. The van der Waals surface area contributed by atoms with Gasteiger partial charge in [0, 0.05) is 37.9 Å². The highest BCUT2D eigenvalue weighted by Crippen LogP contribution is 2.33. The Labute approximate surface area is 128 Å². The van der Waals surface area contributed by atoms with Gasteiger partial charge >= 0.3 is 0 Å². The molecule has 3 heterocycles. The van der Waals surface area contributed by atoms with Crippen LogP contribution in [0.25, 0.3) is 0 Å². The number of aromatic nitrogens is 5. The van der Waals surface area contributed by atoms with Gasteiger partial charge in [0.1, 0.15) is 18.5 Å². The first-order chi connectivity index (χ1) is 10.6. The molecule has 4 rings (SSSR count). The molecule has 0 aromatic carbocycles. The van der Waals surface area contributed by atoms with Gasteiger partial charge < -0.3 is 4.57 Å². The summed E-state index contributed by atoms with van der Waals surface area (Å²) >= 11 is 0. The van der Waals surface area contributed by atoms with E-state index in [0.29, 0.717) is 19.6 Å². The molecular formula is C13H18N6O2S. The van der Waals surface area contributed by atoms with E-state index in [1.807, 2.05) is 10.8 Å². The molecule has 1 atom stereocenters. The SMILES string of the molecule is O=S(=O)(C1CC1)N1Cc2nccn2C[C@@H](Cn2cncn2)C1. The topological polar surface area (TPSA) is 85.9 Å². The molecule has 0 radical (unpaired) electrons. The second-order valence-electron chi connectivity index (χ2n) is 6.02. The standard InChI is InChI=1S/C13H18N6O2S/c20-22(21,12-1-2-12)19-7-11(6-18-10-14-9-16-18)5-17-4-3-15-13(17)8-19/h3-4,9-12H,1-2,5-8H2/t11-/m0/s1. The van der Waals surface area contributed by atoms with Crippen molar-refractivity contribution in [1.82, 2.24) is 28.6 Å². The second-order valence-corrected chi connectivity index (χ2v) is 8.23. The predicted octanol–water partition coefficient (Wildman–Crippen LogP) is 0.0988. The molecular weight excluding hydrogens is 304 g/mol. The van der Waals surface area contributed by atoms with Crippen LogP contribution in [0.2, 0.25) is 0 Å². The zero-order chi connectivity index (χ0) is 15.2. The third-order valence-electron chi connectivity index (χ3n) is 4.25. The fourth-order valence-electron chi connectivity index (χ4n) is 2.98. The van der Waals surface area contributed by atoms with E-state index < -0.39 is 10.0 Å². The van der Waals surface area contributed by atoms with Crippen LogP contribution in [0.15, 0.2) is 25.0 Å². The van der Waals surface area contributed by atoms with E-state index in [2.05, 4.69) is 15.1 Å². The van der Waals surface area contributed by atoms with Gasteiger partial charge in [0.05, 0.1) is 11.8 Å². The molecule has 0 amide bonds. The smallest absolute Gasteiger partial charge is 0.217 e. The lowest BCUT2D eigenvalue weighted by atomic mass is 10.1. The monoisotopic (exact) mass is 322 g/mol. The van der Waals surface area contributed by atoms with Crippen molar-refractivity contribution in [2.45, 2.75) is 37.7 Å². The summed E-state index contributed by atoms with van der Waals surface area (Å²) in [6.45, 7) is 2.25. The van der Waals surface area contributed by atoms with Gasteiger partial charge in [0.2, 0.25) is 10.0 Å². The maximum atomic E-state index is 12.6. The average Bonchev–Trinajstić information content (AvgIpc) is 3.14. The molecule has 9 heteroatoms. The lowest BCUT2D eigenvalue weighted by Gasteiger charge is -2.23. The van der Waals surface area contributed by atoms with Crippen molar-refractivity contribution in [3.8, 4) is 0 Å². The number of hydrogen-bond acceptors (Lipinski definition) is 5. The molecule has 1 saturated carbocycles. The molecule has 22 heavy (non-hydrogen) atoms. The Kier molecular flexibility index (Phi) is 3.26. The van der Waals surface area contributed by atoms with Gasteiger partial charge in [-0.1, -0.05) is 0 Å². The van der Waals surface area contributed by atoms with Gasteiger partial charge in [-0.2, -0.15) is 9.40 Å². The Morgan fingerprint density at radius 2 is 2.14 bits per heavy atom. The Morgan fingerprint density at radius 3 is 2.86 bits per heavy atom. The fourth-order valence-corrected chi connectivity index (χ4v) is 4.85. The Bertz CT molecular complexity index is 749. The number of nitrogens with zero attached hydrogens (tertiary/aromatic N) is 6. The summed E-state index contributed by atoms with van der Waals surface area (Å²) in [7, 11) is -3.21. The number of imidazole rings is 1. The van der Waals surface area contributed by atoms with Gasteiger partial charge in [-0.3, -0.25) is 4.68 Å². The fraction of sp³-hybridized carbons (Fsp3) is 0.615. The van der Waals surface area contributed by atoms with Crippen molar-refractivity contribution < 1.29 is 8.42 Å². The molecule has 0 N–H and O–H groups in total. The van der Waals surface area contributed by atoms with Crippen LogP contribution in [0.5, 0.6) is 0 Å². The molecule has 0 unspecified atom stereocenters. The summed E-state index contributed by atoms with van der Waals surface area (Å²) in [5.74, 6) is 0.955. The summed E-state index contributed by atoms with van der Waals surface area (Å²) in [5.41, 5.74) is 0. The molecule has 8 nitrogen and oxygen atoms in total. The number of fused-ring (bicyclic) bond motifs is 1. The zero-order valence-electron chi connectivity index (χ0n) is 12.1. The van der Waals surface area contributed by atoms with Gasteiger partial charge in [-0.05, 0) is 12.8 Å². The molecule has 2 aromatic rings. The molecule has 0 saturated heterocycles. The molecule has 1 aliphatic heterocycles. The van der Waals surface area contributed by atoms with Gasteiger partial charge in [-0.25, -0.2) is 18.4 Å². The molecule has 1 fully saturated rings. The minimum Gasteiger partial charge on any atom is -0.333 e. The predicted molar refractivity (Wildman–Crippen MR) is 78.1 cm³/mol. The Hall–Kier alpha value is -1.74. The van der Waals surface area contributed by atoms with Crippen molar-refractivity contribution in [2.75, 3.05) is 6.54 Å². The molecule has 2 aliphatic rings. The van der Waals surface area contributed by atoms with Crippen LogP contribution >= 0.6 is 0 Å². The zero-order valence-corrected chi connectivity index (χ0v) is 12.9. The van der Waals surface area contributed by atoms with E-state index in [1.165, 1.54) is 6.33 Å². The van der Waals surface area contributed by atoms with E-state index in [9.17, 15) is 8.42 Å². The van der Waals surface area contributed by atoms with Crippen LogP contribution < -0.4 is 0 Å². The molecule has 0 spiro atoms. The Balaban J connectivity index is 1.62. The van der Waals surface area contributed by atoms with E-state index in [4.69, 9.17) is 0 Å². The van der Waals surface area contributed by atoms with Crippen molar-refractivity contribution in [3.05, 3.63) is 30.9 Å². The van der Waals surface area contributed by atoms with Crippen LogP contribution in [0.3, 0.4) is 0 Å². The maximum absolute atomic E-state index is 12.6. The van der Waals surface area contributed by atoms with Crippen LogP contribution in [-0.4, -0.2) is 48.8 Å². The summed E-state index contributed by atoms with van der Waals surface area (Å²) in [4.78, 5) is 8.27. The summed E-state index contributed by atoms with van der Waals surface area (Å²) < 4.78 is 30.7. The maximum Gasteiger partial charge on any atom is 0.217 e. The van der Waals surface area contributed by atoms with Crippen LogP contribution in [0.4, 0.5) is 0 Å². The largest absolute Gasteiger partial charge is 0.333 e. The average molecular weight is 322 g/mol. The van der Waals surface area contributed by atoms with Crippen molar-refractivity contribution in [1.29, 1.82) is 0 Å². The number of rotatable bonds is 4. The number of sulfonamides is 1. The molecule has 1 aliphatic carbocycles. The Morgan fingerprint density at radius 1 is 1.27 bits per heavy atom. The van der Waals surface area contributed by atoms with Crippen molar-refractivity contribution in [3.63, 3.8) is 0 Å². The van der Waals surface area contributed by atoms with Crippen molar-refractivity contribution in [2.24, 2.45) is 5.92 Å². The summed E-state index contributed by atoms with van der Waals surface area (Å²) in [6.07, 6.45) is 8.37. The quantitative estimate of drug-likeness (QED) is 0.797. The van der Waals surface area contributed by atoms with Crippen molar-refractivity contribution >= 4 is 10.0 Å². The highest BCUT2D eigenvalue weighted by molar-refractivity contribution is 7.90. The molecule has 2 aromatic heterocycles. The second kappa shape index (κ2) is 5.17. The van der Waals surface area contributed by atoms with Crippen LogP contribution in [-0.2, 0) is 29.7 Å². The lowest BCUT2D eigenvalue weighted by Crippen LogP contribution is -2.37. The minimum absolute atomic E-state index is 0.144. The van der Waals surface area contributed by atoms with E-state index >= 15 is 0 Å². The highest BCUT2D eigenvalue weighted by atomic mass is 32.2. The lowest BCUT2D eigenvalue weighted by molar-refractivity contribution is 0.302. The molecule has 0 bridgehead atoms. The van der Waals surface area contributed by atoms with Crippen LogP contribution in [0, 0.1) is 5.92 Å².